The van der Waals surface area contributed by atoms with E-state index in [0.717, 1.165) is 19.5 Å². The molecule has 0 radical (unpaired) electrons. The molecule has 1 fully saturated rings. The Labute approximate surface area is 127 Å². The Morgan fingerprint density at radius 3 is 2.71 bits per heavy atom. The molecule has 1 aromatic rings. The lowest BCUT2D eigenvalue weighted by Gasteiger charge is -2.42. The number of carbonyl (C=O) groups is 1. The monoisotopic (exact) mass is 289 g/mol. The number of pyridine rings is 1. The minimum absolute atomic E-state index is 0.0633. The van der Waals surface area contributed by atoms with Crippen LogP contribution in [0.2, 0.25) is 0 Å². The van der Waals surface area contributed by atoms with Gasteiger partial charge in [-0.15, -0.1) is 0 Å². The first-order valence-electron chi connectivity index (χ1n) is 7.94. The first kappa shape index (κ1) is 16.0. The van der Waals surface area contributed by atoms with E-state index in [4.69, 9.17) is 0 Å². The van der Waals surface area contributed by atoms with Crippen molar-refractivity contribution in [2.45, 2.75) is 46.2 Å². The van der Waals surface area contributed by atoms with Gasteiger partial charge >= 0.3 is 0 Å². The standard InChI is InChI=1S/C17H27N3O/c1-12(2)9-14-10-19-16(13(3)4)11-20(14)17(21)15-7-5-6-8-18-15/h5-8,12-14,16,19H,9-11H2,1-4H3. The van der Waals surface area contributed by atoms with Crippen LogP contribution in [0.25, 0.3) is 0 Å². The van der Waals surface area contributed by atoms with Gasteiger partial charge in [-0.3, -0.25) is 9.78 Å². The summed E-state index contributed by atoms with van der Waals surface area (Å²) in [6.45, 7) is 10.5. The molecule has 1 aromatic heterocycles. The highest BCUT2D eigenvalue weighted by atomic mass is 16.2. The van der Waals surface area contributed by atoms with Crippen LogP contribution in [0, 0.1) is 11.8 Å². The van der Waals surface area contributed by atoms with Gasteiger partial charge in [0.05, 0.1) is 0 Å². The van der Waals surface area contributed by atoms with Crippen molar-refractivity contribution in [1.82, 2.24) is 15.2 Å². The molecular weight excluding hydrogens is 262 g/mol. The third-order valence-electron chi connectivity index (χ3n) is 4.14. The van der Waals surface area contributed by atoms with E-state index in [1.807, 2.05) is 17.0 Å². The van der Waals surface area contributed by atoms with Gasteiger partial charge in [-0.2, -0.15) is 0 Å². The number of hydrogen-bond donors (Lipinski definition) is 1. The maximum Gasteiger partial charge on any atom is 0.272 e. The number of aromatic nitrogens is 1. The minimum atomic E-state index is 0.0633. The molecule has 4 nitrogen and oxygen atoms in total. The molecule has 2 rings (SSSR count). The Balaban J connectivity index is 2.18. The molecule has 21 heavy (non-hydrogen) atoms. The molecule has 2 unspecified atom stereocenters. The van der Waals surface area contributed by atoms with Crippen LogP contribution in [0.1, 0.15) is 44.6 Å². The third kappa shape index (κ3) is 4.03. The van der Waals surface area contributed by atoms with Crippen LogP contribution in [-0.2, 0) is 0 Å². The Hall–Kier alpha value is -1.42. The van der Waals surface area contributed by atoms with Crippen molar-refractivity contribution in [2.24, 2.45) is 11.8 Å². The van der Waals surface area contributed by atoms with Crippen molar-refractivity contribution in [3.05, 3.63) is 30.1 Å². The van der Waals surface area contributed by atoms with Gasteiger partial charge in [0.15, 0.2) is 0 Å². The summed E-state index contributed by atoms with van der Waals surface area (Å²) in [6.07, 6.45) is 2.71. The molecule has 2 atom stereocenters. The zero-order chi connectivity index (χ0) is 15.4. The summed E-state index contributed by atoms with van der Waals surface area (Å²) in [5.41, 5.74) is 0.552. The van der Waals surface area contributed by atoms with Crippen LogP contribution < -0.4 is 5.32 Å². The smallest absolute Gasteiger partial charge is 0.272 e. The highest BCUT2D eigenvalue weighted by Gasteiger charge is 2.33. The highest BCUT2D eigenvalue weighted by molar-refractivity contribution is 5.92. The fraction of sp³-hybridized carbons (Fsp3) is 0.647. The molecule has 0 aromatic carbocycles. The molecular formula is C17H27N3O. The molecule has 4 heteroatoms. The van der Waals surface area contributed by atoms with E-state index in [9.17, 15) is 4.79 Å². The van der Waals surface area contributed by atoms with E-state index < -0.39 is 0 Å². The lowest BCUT2D eigenvalue weighted by atomic mass is 9.94. The molecule has 0 saturated carbocycles. The molecule has 1 N–H and O–H groups in total. The van der Waals surface area contributed by atoms with Gasteiger partial charge in [-0.25, -0.2) is 0 Å². The topological polar surface area (TPSA) is 45.2 Å². The maximum atomic E-state index is 12.8. The molecule has 0 bridgehead atoms. The molecule has 1 saturated heterocycles. The third-order valence-corrected chi connectivity index (χ3v) is 4.14. The second-order valence-electron chi connectivity index (χ2n) is 6.71. The van der Waals surface area contributed by atoms with E-state index in [0.29, 0.717) is 23.6 Å². The number of nitrogens with one attached hydrogen (secondary N) is 1. The Morgan fingerprint density at radius 1 is 1.38 bits per heavy atom. The number of hydrogen-bond acceptors (Lipinski definition) is 3. The average Bonchev–Trinajstić information content (AvgIpc) is 2.47. The van der Waals surface area contributed by atoms with Crippen molar-refractivity contribution < 1.29 is 4.79 Å². The van der Waals surface area contributed by atoms with Gasteiger partial charge in [0.25, 0.3) is 5.91 Å². The van der Waals surface area contributed by atoms with Crippen molar-refractivity contribution in [1.29, 1.82) is 0 Å². The molecule has 116 valence electrons. The summed E-state index contributed by atoms with van der Waals surface area (Å²) >= 11 is 0. The quantitative estimate of drug-likeness (QED) is 0.926. The fourth-order valence-electron chi connectivity index (χ4n) is 2.91. The molecule has 0 aliphatic carbocycles. The Morgan fingerprint density at radius 2 is 2.14 bits per heavy atom. The average molecular weight is 289 g/mol. The van der Waals surface area contributed by atoms with Gasteiger partial charge in [0.2, 0.25) is 0 Å². The summed E-state index contributed by atoms with van der Waals surface area (Å²) in [5.74, 6) is 1.16. The highest BCUT2D eigenvalue weighted by Crippen LogP contribution is 2.20. The van der Waals surface area contributed by atoms with Gasteiger partial charge in [-0.1, -0.05) is 33.8 Å². The van der Waals surface area contributed by atoms with Crippen molar-refractivity contribution in [3.8, 4) is 0 Å². The van der Waals surface area contributed by atoms with Crippen LogP contribution in [0.15, 0.2) is 24.4 Å². The van der Waals surface area contributed by atoms with E-state index in [-0.39, 0.29) is 11.9 Å². The van der Waals surface area contributed by atoms with Crippen LogP contribution >= 0.6 is 0 Å². The number of amides is 1. The second kappa shape index (κ2) is 7.03. The first-order chi connectivity index (χ1) is 9.99. The molecule has 2 heterocycles. The lowest BCUT2D eigenvalue weighted by Crippen LogP contribution is -2.60. The number of nitrogens with zero attached hydrogens (tertiary/aromatic N) is 2. The van der Waals surface area contributed by atoms with E-state index in [1.165, 1.54) is 0 Å². The van der Waals surface area contributed by atoms with Crippen molar-refractivity contribution in [3.63, 3.8) is 0 Å². The Kier molecular flexibility index (Phi) is 5.34. The zero-order valence-electron chi connectivity index (χ0n) is 13.5. The summed E-state index contributed by atoms with van der Waals surface area (Å²) in [7, 11) is 0. The first-order valence-corrected chi connectivity index (χ1v) is 7.94. The maximum absolute atomic E-state index is 12.8. The van der Waals surface area contributed by atoms with Gasteiger partial charge in [-0.05, 0) is 30.4 Å². The van der Waals surface area contributed by atoms with Gasteiger partial charge in [0.1, 0.15) is 5.69 Å². The normalized spacial score (nSPS) is 22.9. The molecule has 1 aliphatic heterocycles. The van der Waals surface area contributed by atoms with E-state index >= 15 is 0 Å². The summed E-state index contributed by atoms with van der Waals surface area (Å²) in [6, 6.07) is 6.15. The predicted octanol–water partition coefficient (Wildman–Crippen LogP) is 2.57. The van der Waals surface area contributed by atoms with Crippen LogP contribution in [0.3, 0.4) is 0 Å². The molecule has 1 amide bonds. The van der Waals surface area contributed by atoms with Crippen molar-refractivity contribution >= 4 is 5.91 Å². The molecule has 1 aliphatic rings. The summed E-state index contributed by atoms with van der Waals surface area (Å²) in [5, 5.41) is 3.60. The van der Waals surface area contributed by atoms with Gasteiger partial charge < -0.3 is 10.2 Å². The zero-order valence-corrected chi connectivity index (χ0v) is 13.5. The largest absolute Gasteiger partial charge is 0.331 e. The summed E-state index contributed by atoms with van der Waals surface area (Å²) in [4.78, 5) is 19.1. The van der Waals surface area contributed by atoms with E-state index in [2.05, 4.69) is 38.0 Å². The van der Waals surface area contributed by atoms with Crippen LogP contribution in [0.4, 0.5) is 0 Å². The van der Waals surface area contributed by atoms with Gasteiger partial charge in [0, 0.05) is 31.4 Å². The van der Waals surface area contributed by atoms with Crippen LogP contribution in [-0.4, -0.2) is 41.0 Å². The predicted molar refractivity (Wildman–Crippen MR) is 85.1 cm³/mol. The fourth-order valence-corrected chi connectivity index (χ4v) is 2.91. The Bertz CT molecular complexity index is 458. The summed E-state index contributed by atoms with van der Waals surface area (Å²) < 4.78 is 0. The SMILES string of the molecule is CC(C)CC1CNC(C(C)C)CN1C(=O)c1ccccn1. The minimum Gasteiger partial charge on any atom is -0.331 e. The number of piperazine rings is 1. The van der Waals surface area contributed by atoms with Crippen molar-refractivity contribution in [2.75, 3.05) is 13.1 Å². The lowest BCUT2D eigenvalue weighted by molar-refractivity contribution is 0.0515. The molecule has 0 spiro atoms. The number of carbonyl (C=O) groups excluding carboxylic acids is 1. The number of rotatable bonds is 4. The van der Waals surface area contributed by atoms with Crippen LogP contribution in [0.5, 0.6) is 0 Å². The van der Waals surface area contributed by atoms with E-state index in [1.54, 1.807) is 12.3 Å². The second-order valence-corrected chi connectivity index (χ2v) is 6.71.